The van der Waals surface area contributed by atoms with Crippen molar-refractivity contribution in [2.45, 2.75) is 51.0 Å². The van der Waals surface area contributed by atoms with Crippen molar-refractivity contribution in [2.75, 3.05) is 19.6 Å². The summed E-state index contributed by atoms with van der Waals surface area (Å²) >= 11 is 1.74. The summed E-state index contributed by atoms with van der Waals surface area (Å²) in [5, 5.41) is 4.98. The van der Waals surface area contributed by atoms with Gasteiger partial charge in [-0.25, -0.2) is 0 Å². The maximum Gasteiger partial charge on any atom is 0.222 e. The molecule has 23 heavy (non-hydrogen) atoms. The van der Waals surface area contributed by atoms with Gasteiger partial charge in [0.1, 0.15) is 0 Å². The summed E-state index contributed by atoms with van der Waals surface area (Å²) in [6.07, 6.45) is 5.95. The van der Waals surface area contributed by atoms with Gasteiger partial charge in [0.2, 0.25) is 11.8 Å². The summed E-state index contributed by atoms with van der Waals surface area (Å²) in [5.74, 6) is 0.197. The lowest BCUT2D eigenvalue weighted by Gasteiger charge is -2.36. The molecule has 1 atom stereocenters. The molecule has 1 fully saturated rings. The largest absolute Gasteiger partial charge is 0.354 e. The third-order valence-corrected chi connectivity index (χ3v) is 5.18. The molecule has 1 saturated heterocycles. The zero-order valence-electron chi connectivity index (χ0n) is 13.6. The average Bonchev–Trinajstić information content (AvgIpc) is 3.07. The molecule has 2 rings (SSSR count). The van der Waals surface area contributed by atoms with Crippen molar-refractivity contribution >= 4 is 23.2 Å². The Hall–Kier alpha value is -1.40. The molecule has 0 bridgehead atoms. The molecule has 0 radical (unpaired) electrons. The fourth-order valence-electron chi connectivity index (χ4n) is 3.00. The number of carbonyl (C=O) groups is 2. The fourth-order valence-corrected chi connectivity index (χ4v) is 3.76. The molecule has 0 aromatic carbocycles. The maximum atomic E-state index is 12.5. The molecule has 2 heterocycles. The zero-order chi connectivity index (χ0) is 16.5. The molecule has 5 nitrogen and oxygen atoms in total. The van der Waals surface area contributed by atoms with Gasteiger partial charge in [-0.05, 0) is 43.6 Å². The first kappa shape index (κ1) is 17.9. The Kier molecular flexibility index (Phi) is 7.55. The van der Waals surface area contributed by atoms with Crippen molar-refractivity contribution < 1.29 is 9.59 Å². The van der Waals surface area contributed by atoms with E-state index in [9.17, 15) is 9.59 Å². The van der Waals surface area contributed by atoms with E-state index in [1.54, 1.807) is 11.3 Å². The normalized spacial score (nSPS) is 18.0. The molecule has 2 amide bonds. The van der Waals surface area contributed by atoms with Crippen LogP contribution in [0.2, 0.25) is 0 Å². The van der Waals surface area contributed by atoms with Crippen molar-refractivity contribution in [3.63, 3.8) is 0 Å². The molecular weight excluding hydrogens is 310 g/mol. The van der Waals surface area contributed by atoms with Gasteiger partial charge < -0.3 is 16.0 Å². The SMILES string of the molecule is NCCC(=O)NCC1CCCCN1C(=O)CCCc1cccs1. The predicted molar refractivity (Wildman–Crippen MR) is 93.3 cm³/mol. The third kappa shape index (κ3) is 5.95. The average molecular weight is 337 g/mol. The van der Waals surface area contributed by atoms with Gasteiger partial charge in [0.25, 0.3) is 0 Å². The molecule has 128 valence electrons. The fraction of sp³-hybridized carbons (Fsp3) is 0.647. The van der Waals surface area contributed by atoms with Crippen molar-refractivity contribution in [1.82, 2.24) is 10.2 Å². The van der Waals surface area contributed by atoms with Crippen molar-refractivity contribution in [3.8, 4) is 0 Å². The van der Waals surface area contributed by atoms with Gasteiger partial charge in [0, 0.05) is 43.4 Å². The summed E-state index contributed by atoms with van der Waals surface area (Å²) in [4.78, 5) is 27.4. The number of hydrogen-bond donors (Lipinski definition) is 2. The van der Waals surface area contributed by atoms with Crippen LogP contribution in [0.3, 0.4) is 0 Å². The van der Waals surface area contributed by atoms with Crippen LogP contribution in [0.15, 0.2) is 17.5 Å². The molecule has 0 saturated carbocycles. The number of piperidine rings is 1. The number of nitrogens with one attached hydrogen (secondary N) is 1. The van der Waals surface area contributed by atoms with Crippen LogP contribution < -0.4 is 11.1 Å². The van der Waals surface area contributed by atoms with E-state index in [-0.39, 0.29) is 17.9 Å². The highest BCUT2D eigenvalue weighted by Gasteiger charge is 2.26. The molecule has 1 aliphatic heterocycles. The summed E-state index contributed by atoms with van der Waals surface area (Å²) in [6.45, 7) is 1.73. The van der Waals surface area contributed by atoms with Crippen LogP contribution in [0.1, 0.15) is 43.4 Å². The quantitative estimate of drug-likeness (QED) is 0.761. The van der Waals surface area contributed by atoms with Gasteiger partial charge in [-0.2, -0.15) is 0 Å². The number of likely N-dealkylation sites (tertiary alicyclic amines) is 1. The Balaban J connectivity index is 1.77. The van der Waals surface area contributed by atoms with Gasteiger partial charge in [-0.15, -0.1) is 11.3 Å². The zero-order valence-corrected chi connectivity index (χ0v) is 14.4. The van der Waals surface area contributed by atoms with Crippen LogP contribution in [-0.4, -0.2) is 42.4 Å². The first-order chi connectivity index (χ1) is 11.2. The molecule has 3 N–H and O–H groups in total. The highest BCUT2D eigenvalue weighted by atomic mass is 32.1. The summed E-state index contributed by atoms with van der Waals surface area (Å²) in [7, 11) is 0. The molecule has 1 aromatic heterocycles. The Labute approximate surface area is 142 Å². The molecule has 6 heteroatoms. The molecule has 1 unspecified atom stereocenters. The van der Waals surface area contributed by atoms with Gasteiger partial charge in [-0.1, -0.05) is 6.07 Å². The third-order valence-electron chi connectivity index (χ3n) is 4.25. The van der Waals surface area contributed by atoms with E-state index in [1.807, 2.05) is 11.0 Å². The standard InChI is InChI=1S/C17H27N3O2S/c18-10-9-16(21)19-13-14-5-1-2-11-20(14)17(22)8-3-6-15-7-4-12-23-15/h4,7,12,14H,1-3,5-6,8-11,13,18H2,(H,19,21). The van der Waals surface area contributed by atoms with Gasteiger partial charge in [0.05, 0.1) is 0 Å². The molecule has 1 aromatic rings. The number of aryl methyl sites for hydroxylation is 1. The van der Waals surface area contributed by atoms with Crippen LogP contribution in [0.25, 0.3) is 0 Å². The van der Waals surface area contributed by atoms with Crippen LogP contribution in [0.5, 0.6) is 0 Å². The predicted octanol–water partition coefficient (Wildman–Crippen LogP) is 1.92. The van der Waals surface area contributed by atoms with E-state index in [4.69, 9.17) is 5.73 Å². The Bertz CT molecular complexity index is 490. The number of nitrogens with zero attached hydrogens (tertiary/aromatic N) is 1. The Morgan fingerprint density at radius 2 is 2.22 bits per heavy atom. The number of rotatable bonds is 8. The van der Waals surface area contributed by atoms with E-state index < -0.39 is 0 Å². The highest BCUT2D eigenvalue weighted by molar-refractivity contribution is 7.09. The second kappa shape index (κ2) is 9.67. The van der Waals surface area contributed by atoms with E-state index in [0.717, 1.165) is 38.6 Å². The number of nitrogens with two attached hydrogens (primary N) is 1. The van der Waals surface area contributed by atoms with Gasteiger partial charge in [0.15, 0.2) is 0 Å². The van der Waals surface area contributed by atoms with Crippen LogP contribution >= 0.6 is 11.3 Å². The van der Waals surface area contributed by atoms with E-state index >= 15 is 0 Å². The maximum absolute atomic E-state index is 12.5. The summed E-state index contributed by atoms with van der Waals surface area (Å²) in [6, 6.07) is 4.30. The Morgan fingerprint density at radius 3 is 2.96 bits per heavy atom. The van der Waals surface area contributed by atoms with Gasteiger partial charge >= 0.3 is 0 Å². The van der Waals surface area contributed by atoms with Gasteiger partial charge in [-0.3, -0.25) is 9.59 Å². The second-order valence-corrected chi connectivity index (χ2v) is 7.04. The monoisotopic (exact) mass is 337 g/mol. The summed E-state index contributed by atoms with van der Waals surface area (Å²) in [5.41, 5.74) is 5.38. The lowest BCUT2D eigenvalue weighted by Crippen LogP contribution is -2.49. The molecular formula is C17H27N3O2S. The van der Waals surface area contributed by atoms with Crippen LogP contribution in [-0.2, 0) is 16.0 Å². The smallest absolute Gasteiger partial charge is 0.222 e. The van der Waals surface area contributed by atoms with E-state index in [1.165, 1.54) is 4.88 Å². The first-order valence-corrected chi connectivity index (χ1v) is 9.37. The van der Waals surface area contributed by atoms with Crippen LogP contribution in [0.4, 0.5) is 0 Å². The topological polar surface area (TPSA) is 75.4 Å². The molecule has 0 spiro atoms. The lowest BCUT2D eigenvalue weighted by molar-refractivity contribution is -0.135. The number of hydrogen-bond acceptors (Lipinski definition) is 4. The number of thiophene rings is 1. The summed E-state index contributed by atoms with van der Waals surface area (Å²) < 4.78 is 0. The first-order valence-electron chi connectivity index (χ1n) is 8.49. The van der Waals surface area contributed by atoms with Crippen LogP contribution in [0, 0.1) is 0 Å². The van der Waals surface area contributed by atoms with E-state index in [2.05, 4.69) is 16.8 Å². The van der Waals surface area contributed by atoms with Crippen molar-refractivity contribution in [2.24, 2.45) is 5.73 Å². The van der Waals surface area contributed by atoms with Crippen molar-refractivity contribution in [1.29, 1.82) is 0 Å². The second-order valence-electron chi connectivity index (χ2n) is 6.01. The number of amides is 2. The molecule has 1 aliphatic rings. The lowest BCUT2D eigenvalue weighted by atomic mass is 10.0. The number of carbonyl (C=O) groups excluding carboxylic acids is 2. The minimum Gasteiger partial charge on any atom is -0.354 e. The minimum absolute atomic E-state index is 0.0248. The Morgan fingerprint density at radius 1 is 1.35 bits per heavy atom. The minimum atomic E-state index is -0.0248. The molecule has 0 aliphatic carbocycles. The van der Waals surface area contributed by atoms with Crippen molar-refractivity contribution in [3.05, 3.63) is 22.4 Å². The highest BCUT2D eigenvalue weighted by Crippen LogP contribution is 2.19. The van der Waals surface area contributed by atoms with E-state index in [0.29, 0.717) is 25.9 Å².